The smallest absolute Gasteiger partial charge is 0.108 e. The third-order valence-corrected chi connectivity index (χ3v) is 3.75. The number of nitrogens with one attached hydrogen (secondary N) is 1. The molecule has 0 spiro atoms. The Kier molecular flexibility index (Phi) is 4.90. The van der Waals surface area contributed by atoms with Crippen LogP contribution in [0.2, 0.25) is 0 Å². The standard InChI is InChI=1S/C13H19N3OS/c1-17-6-2-7-18-8-5-13-15-11-4-3-10(14)9-12(11)16-13/h3-4,9H,2,5-8,14H2,1H3,(H,15,16). The zero-order chi connectivity index (χ0) is 12.8. The molecule has 0 aliphatic carbocycles. The summed E-state index contributed by atoms with van der Waals surface area (Å²) in [5.74, 6) is 3.26. The highest BCUT2D eigenvalue weighted by Gasteiger charge is 2.02. The number of hydrogen-bond donors (Lipinski definition) is 2. The molecule has 0 saturated carbocycles. The second-order valence-corrected chi connectivity index (χ2v) is 5.39. The lowest BCUT2D eigenvalue weighted by Crippen LogP contribution is -1.95. The van der Waals surface area contributed by atoms with Crippen LogP contribution in [0.3, 0.4) is 0 Å². The van der Waals surface area contributed by atoms with E-state index in [9.17, 15) is 0 Å². The third-order valence-electron chi connectivity index (χ3n) is 2.68. The van der Waals surface area contributed by atoms with E-state index in [0.717, 1.165) is 53.5 Å². The SMILES string of the molecule is COCCCSCCc1nc2ccc(N)cc2[nH]1. The molecular formula is C13H19N3OS. The fourth-order valence-electron chi connectivity index (χ4n) is 1.77. The number of imidazole rings is 1. The minimum atomic E-state index is 0.770. The number of aromatic nitrogens is 2. The molecule has 1 aromatic carbocycles. The molecule has 1 aromatic heterocycles. The molecule has 0 aliphatic rings. The number of nitrogens with zero attached hydrogens (tertiary/aromatic N) is 1. The molecule has 0 atom stereocenters. The van der Waals surface area contributed by atoms with Crippen molar-refractivity contribution in [2.24, 2.45) is 0 Å². The van der Waals surface area contributed by atoms with Crippen LogP contribution >= 0.6 is 11.8 Å². The summed E-state index contributed by atoms with van der Waals surface area (Å²) in [6, 6.07) is 5.76. The summed E-state index contributed by atoms with van der Waals surface area (Å²) in [6.45, 7) is 0.844. The van der Waals surface area contributed by atoms with Gasteiger partial charge in [0.25, 0.3) is 0 Å². The normalized spacial score (nSPS) is 11.2. The number of H-pyrrole nitrogens is 1. The lowest BCUT2D eigenvalue weighted by Gasteiger charge is -1.99. The second-order valence-electron chi connectivity index (χ2n) is 4.17. The Morgan fingerprint density at radius 1 is 1.39 bits per heavy atom. The molecule has 0 saturated heterocycles. The predicted octanol–water partition coefficient (Wildman–Crippen LogP) is 2.46. The Bertz CT molecular complexity index is 498. The fraction of sp³-hybridized carbons (Fsp3) is 0.462. The third kappa shape index (κ3) is 3.65. The molecule has 0 amide bonds. The molecule has 0 radical (unpaired) electrons. The number of benzene rings is 1. The molecule has 0 fully saturated rings. The molecule has 0 aliphatic heterocycles. The van der Waals surface area contributed by atoms with E-state index in [0.29, 0.717) is 0 Å². The maximum atomic E-state index is 5.74. The summed E-state index contributed by atoms with van der Waals surface area (Å²) in [5.41, 5.74) is 8.52. The van der Waals surface area contributed by atoms with Crippen molar-refractivity contribution in [3.63, 3.8) is 0 Å². The van der Waals surface area contributed by atoms with Crippen molar-refractivity contribution in [2.45, 2.75) is 12.8 Å². The highest BCUT2D eigenvalue weighted by molar-refractivity contribution is 7.99. The van der Waals surface area contributed by atoms with E-state index in [-0.39, 0.29) is 0 Å². The Morgan fingerprint density at radius 3 is 3.11 bits per heavy atom. The summed E-state index contributed by atoms with van der Waals surface area (Å²) in [4.78, 5) is 7.85. The summed E-state index contributed by atoms with van der Waals surface area (Å²) < 4.78 is 5.01. The topological polar surface area (TPSA) is 63.9 Å². The van der Waals surface area contributed by atoms with Gasteiger partial charge in [0.15, 0.2) is 0 Å². The number of fused-ring (bicyclic) bond motifs is 1. The van der Waals surface area contributed by atoms with Gasteiger partial charge in [-0.15, -0.1) is 0 Å². The van der Waals surface area contributed by atoms with Crippen LogP contribution in [0.4, 0.5) is 5.69 Å². The molecule has 0 unspecified atom stereocenters. The van der Waals surface area contributed by atoms with Crippen LogP contribution in [0, 0.1) is 0 Å². The zero-order valence-electron chi connectivity index (χ0n) is 10.6. The minimum absolute atomic E-state index is 0.770. The van der Waals surface area contributed by atoms with Crippen LogP contribution in [0.5, 0.6) is 0 Å². The number of hydrogen-bond acceptors (Lipinski definition) is 4. The molecule has 98 valence electrons. The van der Waals surface area contributed by atoms with Gasteiger partial charge in [-0.25, -0.2) is 4.98 Å². The molecule has 2 rings (SSSR count). The number of ether oxygens (including phenoxy) is 1. The number of nitrogen functional groups attached to an aromatic ring is 1. The highest BCUT2D eigenvalue weighted by atomic mass is 32.2. The maximum absolute atomic E-state index is 5.74. The number of aryl methyl sites for hydroxylation is 1. The molecule has 1 heterocycles. The summed E-state index contributed by atoms with van der Waals surface area (Å²) >= 11 is 1.94. The average molecular weight is 265 g/mol. The first-order valence-electron chi connectivity index (χ1n) is 6.10. The van der Waals surface area contributed by atoms with Gasteiger partial charge in [0.05, 0.1) is 11.0 Å². The van der Waals surface area contributed by atoms with Gasteiger partial charge >= 0.3 is 0 Å². The van der Waals surface area contributed by atoms with Crippen molar-refractivity contribution in [3.8, 4) is 0 Å². The molecule has 4 nitrogen and oxygen atoms in total. The van der Waals surface area contributed by atoms with Gasteiger partial charge in [0.2, 0.25) is 0 Å². The molecule has 3 N–H and O–H groups in total. The fourth-order valence-corrected chi connectivity index (χ4v) is 2.64. The molecule has 18 heavy (non-hydrogen) atoms. The van der Waals surface area contributed by atoms with Crippen molar-refractivity contribution in [1.82, 2.24) is 9.97 Å². The van der Waals surface area contributed by atoms with Crippen LogP contribution in [-0.4, -0.2) is 35.2 Å². The minimum Gasteiger partial charge on any atom is -0.399 e. The Labute approximate surface area is 111 Å². The van der Waals surface area contributed by atoms with Crippen LogP contribution in [0.25, 0.3) is 11.0 Å². The molecular weight excluding hydrogens is 246 g/mol. The van der Waals surface area contributed by atoms with Crippen molar-refractivity contribution >= 4 is 28.5 Å². The van der Waals surface area contributed by atoms with Crippen molar-refractivity contribution in [3.05, 3.63) is 24.0 Å². The van der Waals surface area contributed by atoms with E-state index < -0.39 is 0 Å². The van der Waals surface area contributed by atoms with Gasteiger partial charge in [-0.05, 0) is 30.4 Å². The lowest BCUT2D eigenvalue weighted by atomic mass is 10.3. The number of thioether (sulfide) groups is 1. The van der Waals surface area contributed by atoms with E-state index in [1.54, 1.807) is 7.11 Å². The predicted molar refractivity (Wildman–Crippen MR) is 78.0 cm³/mol. The van der Waals surface area contributed by atoms with Crippen molar-refractivity contribution < 1.29 is 4.74 Å². The number of aromatic amines is 1. The second kappa shape index (κ2) is 6.66. The van der Waals surface area contributed by atoms with Gasteiger partial charge in [-0.1, -0.05) is 0 Å². The first kappa shape index (κ1) is 13.2. The number of methoxy groups -OCH3 is 1. The molecule has 5 heteroatoms. The maximum Gasteiger partial charge on any atom is 0.108 e. The monoisotopic (exact) mass is 265 g/mol. The van der Waals surface area contributed by atoms with Gasteiger partial charge in [-0.3, -0.25) is 0 Å². The van der Waals surface area contributed by atoms with Crippen molar-refractivity contribution in [1.29, 1.82) is 0 Å². The van der Waals surface area contributed by atoms with Crippen LogP contribution in [0.15, 0.2) is 18.2 Å². The van der Waals surface area contributed by atoms with E-state index >= 15 is 0 Å². The first-order valence-corrected chi connectivity index (χ1v) is 7.26. The van der Waals surface area contributed by atoms with E-state index in [4.69, 9.17) is 10.5 Å². The number of anilines is 1. The van der Waals surface area contributed by atoms with Gasteiger partial charge in [-0.2, -0.15) is 11.8 Å². The lowest BCUT2D eigenvalue weighted by molar-refractivity contribution is 0.200. The van der Waals surface area contributed by atoms with E-state index in [1.807, 2.05) is 30.0 Å². The Morgan fingerprint density at radius 2 is 2.28 bits per heavy atom. The number of rotatable bonds is 7. The Balaban J connectivity index is 1.81. The zero-order valence-corrected chi connectivity index (χ0v) is 11.4. The molecule has 2 aromatic rings. The van der Waals surface area contributed by atoms with E-state index in [2.05, 4.69) is 9.97 Å². The first-order chi connectivity index (χ1) is 8.79. The van der Waals surface area contributed by atoms with E-state index in [1.165, 1.54) is 0 Å². The average Bonchev–Trinajstić information content (AvgIpc) is 2.75. The number of nitrogens with two attached hydrogens (primary N) is 1. The summed E-state index contributed by atoms with van der Waals surface area (Å²) in [6.07, 6.45) is 2.07. The summed E-state index contributed by atoms with van der Waals surface area (Å²) in [5, 5.41) is 0. The van der Waals surface area contributed by atoms with Gasteiger partial charge in [0.1, 0.15) is 5.82 Å². The van der Waals surface area contributed by atoms with Crippen LogP contribution < -0.4 is 5.73 Å². The van der Waals surface area contributed by atoms with Gasteiger partial charge < -0.3 is 15.5 Å². The highest BCUT2D eigenvalue weighted by Crippen LogP contribution is 2.16. The summed E-state index contributed by atoms with van der Waals surface area (Å²) in [7, 11) is 1.74. The van der Waals surface area contributed by atoms with Crippen LogP contribution in [0.1, 0.15) is 12.2 Å². The van der Waals surface area contributed by atoms with Crippen LogP contribution in [-0.2, 0) is 11.2 Å². The molecule has 0 bridgehead atoms. The Hall–Kier alpha value is -1.20. The van der Waals surface area contributed by atoms with Gasteiger partial charge in [0, 0.05) is 31.6 Å². The van der Waals surface area contributed by atoms with Crippen molar-refractivity contribution in [2.75, 3.05) is 31.0 Å². The largest absolute Gasteiger partial charge is 0.399 e. The quantitative estimate of drug-likeness (QED) is 0.596.